The van der Waals surface area contributed by atoms with Crippen molar-refractivity contribution < 1.29 is 0 Å². The Bertz CT molecular complexity index is 520. The third-order valence-corrected chi connectivity index (χ3v) is 3.48. The molecule has 88 valence electrons. The largest absolute Gasteiger partial charge is 0.368 e. The Morgan fingerprint density at radius 3 is 2.82 bits per heavy atom. The Morgan fingerprint density at radius 2 is 2.06 bits per heavy atom. The van der Waals surface area contributed by atoms with Gasteiger partial charge in [-0.3, -0.25) is 4.98 Å². The summed E-state index contributed by atoms with van der Waals surface area (Å²) < 4.78 is 0. The highest BCUT2D eigenvalue weighted by Gasteiger charge is 2.27. The molecule has 3 heteroatoms. The zero-order chi connectivity index (χ0) is 11.7. The molecule has 1 unspecified atom stereocenters. The minimum absolute atomic E-state index is 0.739. The quantitative estimate of drug-likeness (QED) is 0.872. The normalized spacial score (nSPS) is 17.0. The second-order valence-corrected chi connectivity index (χ2v) is 4.94. The maximum atomic E-state index is 4.55. The first-order chi connectivity index (χ1) is 8.33. The van der Waals surface area contributed by atoms with Gasteiger partial charge >= 0.3 is 0 Å². The van der Waals surface area contributed by atoms with Gasteiger partial charge in [-0.05, 0) is 36.8 Å². The second kappa shape index (κ2) is 4.32. The van der Waals surface area contributed by atoms with Crippen LogP contribution in [0, 0.1) is 11.8 Å². The van der Waals surface area contributed by atoms with Gasteiger partial charge in [0, 0.05) is 6.54 Å². The van der Waals surface area contributed by atoms with Crippen molar-refractivity contribution in [2.45, 2.75) is 19.8 Å². The maximum Gasteiger partial charge on any atom is 0.145 e. The summed E-state index contributed by atoms with van der Waals surface area (Å²) in [5.41, 5.74) is 1.91. The summed E-state index contributed by atoms with van der Waals surface area (Å²) in [6.45, 7) is 3.30. The van der Waals surface area contributed by atoms with E-state index in [4.69, 9.17) is 0 Å². The highest BCUT2D eigenvalue weighted by molar-refractivity contribution is 5.75. The number of rotatable bonds is 4. The van der Waals surface area contributed by atoms with Gasteiger partial charge in [0.2, 0.25) is 0 Å². The Labute approximate surface area is 101 Å². The number of fused-ring (bicyclic) bond motifs is 1. The van der Waals surface area contributed by atoms with Crippen molar-refractivity contribution in [3.05, 3.63) is 30.5 Å². The highest BCUT2D eigenvalue weighted by Crippen LogP contribution is 2.36. The molecule has 0 bridgehead atoms. The van der Waals surface area contributed by atoms with Gasteiger partial charge < -0.3 is 5.32 Å². The molecule has 1 aliphatic rings. The summed E-state index contributed by atoms with van der Waals surface area (Å²) in [7, 11) is 0. The van der Waals surface area contributed by atoms with Crippen LogP contribution in [-0.4, -0.2) is 16.5 Å². The van der Waals surface area contributed by atoms with Crippen molar-refractivity contribution >= 4 is 16.9 Å². The predicted molar refractivity (Wildman–Crippen MR) is 69.9 cm³/mol. The van der Waals surface area contributed by atoms with Crippen molar-refractivity contribution in [1.82, 2.24) is 9.97 Å². The SMILES string of the molecule is CC(CNc1cnc2ccccc2n1)C1CC1. The van der Waals surface area contributed by atoms with Crippen molar-refractivity contribution in [3.8, 4) is 0 Å². The second-order valence-electron chi connectivity index (χ2n) is 4.94. The van der Waals surface area contributed by atoms with Crippen molar-refractivity contribution in [2.75, 3.05) is 11.9 Å². The average Bonchev–Trinajstić information content (AvgIpc) is 3.20. The lowest BCUT2D eigenvalue weighted by molar-refractivity contribution is 0.536. The van der Waals surface area contributed by atoms with Gasteiger partial charge in [0.05, 0.1) is 17.2 Å². The lowest BCUT2D eigenvalue weighted by Crippen LogP contribution is -2.13. The molecule has 1 atom stereocenters. The van der Waals surface area contributed by atoms with E-state index >= 15 is 0 Å². The summed E-state index contributed by atoms with van der Waals surface area (Å²) in [5.74, 6) is 2.55. The number of para-hydroxylation sites is 2. The summed E-state index contributed by atoms with van der Waals surface area (Å²) in [6.07, 6.45) is 4.61. The van der Waals surface area contributed by atoms with E-state index in [0.29, 0.717) is 0 Å². The summed E-state index contributed by atoms with van der Waals surface area (Å²) in [5, 5.41) is 3.38. The Balaban J connectivity index is 1.71. The molecule has 1 aromatic carbocycles. The maximum absolute atomic E-state index is 4.55. The number of hydrogen-bond donors (Lipinski definition) is 1. The van der Waals surface area contributed by atoms with Crippen LogP contribution in [0.1, 0.15) is 19.8 Å². The molecule has 0 radical (unpaired) electrons. The Hall–Kier alpha value is -1.64. The minimum atomic E-state index is 0.739. The lowest BCUT2D eigenvalue weighted by Gasteiger charge is -2.11. The topological polar surface area (TPSA) is 37.8 Å². The van der Waals surface area contributed by atoms with Gasteiger partial charge in [0.1, 0.15) is 5.82 Å². The monoisotopic (exact) mass is 227 g/mol. The molecule has 2 aromatic rings. The molecule has 3 rings (SSSR count). The summed E-state index contributed by atoms with van der Waals surface area (Å²) in [4.78, 5) is 8.95. The van der Waals surface area contributed by atoms with Gasteiger partial charge in [0.25, 0.3) is 0 Å². The number of hydrogen-bond acceptors (Lipinski definition) is 3. The molecule has 1 aromatic heterocycles. The number of benzene rings is 1. The third kappa shape index (κ3) is 2.38. The van der Waals surface area contributed by atoms with Crippen LogP contribution in [0.15, 0.2) is 30.5 Å². The van der Waals surface area contributed by atoms with Crippen molar-refractivity contribution in [1.29, 1.82) is 0 Å². The van der Waals surface area contributed by atoms with Gasteiger partial charge in [-0.25, -0.2) is 4.98 Å². The van der Waals surface area contributed by atoms with Crippen LogP contribution in [0.2, 0.25) is 0 Å². The van der Waals surface area contributed by atoms with Crippen LogP contribution in [0.4, 0.5) is 5.82 Å². The van der Waals surface area contributed by atoms with Crippen LogP contribution in [0.5, 0.6) is 0 Å². The standard InChI is InChI=1S/C14H17N3/c1-10(11-6-7-11)8-16-14-9-15-12-4-2-3-5-13(12)17-14/h2-5,9-11H,6-8H2,1H3,(H,16,17). The molecule has 1 saturated carbocycles. The summed E-state index contributed by atoms with van der Waals surface area (Å²) >= 11 is 0. The third-order valence-electron chi connectivity index (χ3n) is 3.48. The van der Waals surface area contributed by atoms with Gasteiger partial charge in [-0.15, -0.1) is 0 Å². The minimum Gasteiger partial charge on any atom is -0.368 e. The zero-order valence-electron chi connectivity index (χ0n) is 10.1. The van der Waals surface area contributed by atoms with Crippen molar-refractivity contribution in [3.63, 3.8) is 0 Å². The van der Waals surface area contributed by atoms with E-state index in [0.717, 1.165) is 35.2 Å². The van der Waals surface area contributed by atoms with Gasteiger partial charge in [-0.2, -0.15) is 0 Å². The molecule has 1 aliphatic carbocycles. The van der Waals surface area contributed by atoms with Gasteiger partial charge in [-0.1, -0.05) is 19.1 Å². The average molecular weight is 227 g/mol. The summed E-state index contributed by atoms with van der Waals surface area (Å²) in [6, 6.07) is 7.96. The molecule has 0 amide bonds. The fourth-order valence-electron chi connectivity index (χ4n) is 2.14. The van der Waals surface area contributed by atoms with Crippen LogP contribution in [-0.2, 0) is 0 Å². The first-order valence-electron chi connectivity index (χ1n) is 6.28. The fourth-order valence-corrected chi connectivity index (χ4v) is 2.14. The number of aromatic nitrogens is 2. The first-order valence-corrected chi connectivity index (χ1v) is 6.28. The molecule has 0 aliphatic heterocycles. The van der Waals surface area contributed by atoms with Crippen LogP contribution in [0.25, 0.3) is 11.0 Å². The molecule has 3 nitrogen and oxygen atoms in total. The Morgan fingerprint density at radius 1 is 1.29 bits per heavy atom. The lowest BCUT2D eigenvalue weighted by atomic mass is 10.1. The smallest absolute Gasteiger partial charge is 0.145 e. The molecular formula is C14H17N3. The van der Waals surface area contributed by atoms with E-state index in [1.807, 2.05) is 30.5 Å². The zero-order valence-corrected chi connectivity index (χ0v) is 10.1. The van der Waals surface area contributed by atoms with Gasteiger partial charge in [0.15, 0.2) is 0 Å². The van der Waals surface area contributed by atoms with E-state index < -0.39 is 0 Å². The first kappa shape index (κ1) is 10.5. The molecule has 1 fully saturated rings. The molecule has 0 saturated heterocycles. The van der Waals surface area contributed by atoms with E-state index in [2.05, 4.69) is 22.2 Å². The fraction of sp³-hybridized carbons (Fsp3) is 0.429. The highest BCUT2D eigenvalue weighted by atomic mass is 15.0. The van der Waals surface area contributed by atoms with Crippen molar-refractivity contribution in [2.24, 2.45) is 11.8 Å². The van der Waals surface area contributed by atoms with E-state index in [1.54, 1.807) is 0 Å². The van der Waals surface area contributed by atoms with Crippen LogP contribution in [0.3, 0.4) is 0 Å². The van der Waals surface area contributed by atoms with E-state index in [9.17, 15) is 0 Å². The Kier molecular flexibility index (Phi) is 2.67. The molecule has 17 heavy (non-hydrogen) atoms. The van der Waals surface area contributed by atoms with Crippen LogP contribution >= 0.6 is 0 Å². The molecule has 0 spiro atoms. The molecule has 1 heterocycles. The van der Waals surface area contributed by atoms with E-state index in [-0.39, 0.29) is 0 Å². The molecular weight excluding hydrogens is 210 g/mol. The number of nitrogens with one attached hydrogen (secondary N) is 1. The van der Waals surface area contributed by atoms with Crippen LogP contribution < -0.4 is 5.32 Å². The predicted octanol–water partition coefficient (Wildman–Crippen LogP) is 3.09. The number of anilines is 1. The number of nitrogens with zero attached hydrogens (tertiary/aromatic N) is 2. The molecule has 1 N–H and O–H groups in total. The van der Waals surface area contributed by atoms with E-state index in [1.165, 1.54) is 12.8 Å².